The molecule has 0 aliphatic heterocycles. The Balaban J connectivity index is 3.58. The summed E-state index contributed by atoms with van der Waals surface area (Å²) in [5.41, 5.74) is 7.55. The molecule has 0 heterocycles. The predicted octanol–water partition coefficient (Wildman–Crippen LogP) is -0.628. The van der Waals surface area contributed by atoms with Crippen LogP contribution in [0.1, 0.15) is 0 Å². The molecule has 0 saturated carbocycles. The third kappa shape index (κ3) is 2.85. The molecule has 0 atom stereocenters. The Kier molecular flexibility index (Phi) is 1.07. The van der Waals surface area contributed by atoms with Crippen LogP contribution >= 0.6 is 0 Å². The molecule has 0 unspecified atom stereocenters. The van der Waals surface area contributed by atoms with Crippen molar-refractivity contribution in [3.05, 3.63) is 5.53 Å². The van der Waals surface area contributed by atoms with Crippen LogP contribution in [-0.2, 0) is 4.79 Å². The second-order valence-electron chi connectivity index (χ2n) is 0.564. The highest BCUT2D eigenvalue weighted by molar-refractivity contribution is 6.19. The first kappa shape index (κ1) is 3.06. The molecule has 0 radical (unpaired) electrons. The zero-order valence-corrected chi connectivity index (χ0v) is 2.79. The number of nitrogens with zero attached hydrogens (tertiary/aromatic N) is 2. The summed E-state index contributed by atoms with van der Waals surface area (Å²) in [5, 5.41) is 3.29. The van der Waals surface area contributed by atoms with E-state index in [0.717, 1.165) is 0 Å². The summed E-state index contributed by atoms with van der Waals surface area (Å²) in [4.78, 5) is 12.0. The molecule has 0 spiro atoms. The first-order valence-corrected chi connectivity index (χ1v) is 1.16. The van der Waals surface area contributed by atoms with E-state index in [1.165, 1.54) is 0 Å². The molecular weight excluding hydrogens is 84.0 g/mol. The van der Waals surface area contributed by atoms with E-state index in [1.54, 1.807) is 0 Å². The molecule has 4 nitrogen and oxygen atoms in total. The first-order chi connectivity index (χ1) is 3.31. The second kappa shape index (κ2) is 2.11. The van der Waals surface area contributed by atoms with Gasteiger partial charge in [0.05, 0.1) is 0 Å². The largest absolute Gasteiger partial charge is 0.473 e. The van der Waals surface area contributed by atoms with Crippen LogP contribution in [-0.4, -0.2) is 22.1 Å². The number of carboxylic acid groups (broad SMARTS) is 1. The average molecular weight is 87.1 g/mol. The number of aliphatic carboxylic acids is 1. The van der Waals surface area contributed by atoms with Crippen LogP contribution in [0.3, 0.4) is 0 Å². The topological polar surface area (TPSA) is 73.7 Å². The summed E-state index contributed by atoms with van der Waals surface area (Å²) < 4.78 is 5.86. The Bertz CT molecular complexity index is 117. The molecule has 0 aromatic carbocycles. The van der Waals surface area contributed by atoms with Gasteiger partial charge in [-0.3, -0.25) is 0 Å². The molecule has 0 amide bonds. The Morgan fingerprint density at radius 2 is 3.00 bits per heavy atom. The molecular formula is C2H2N2O2. The third-order valence-corrected chi connectivity index (χ3v) is 0.163. The van der Waals surface area contributed by atoms with Gasteiger partial charge in [-0.15, -0.1) is 0 Å². The summed E-state index contributed by atoms with van der Waals surface area (Å²) in [6.45, 7) is 0. The standard InChI is InChI=1S/C2H2N2O2/c3-4-1-2(5)6/h1H,(H,5,6)/i/hD. The first-order valence-electron chi connectivity index (χ1n) is 1.56. The van der Waals surface area contributed by atoms with E-state index in [9.17, 15) is 4.79 Å². The predicted molar refractivity (Wildman–Crippen MR) is 17.3 cm³/mol. The van der Waals surface area contributed by atoms with E-state index >= 15 is 0 Å². The molecule has 6 heavy (non-hydrogen) atoms. The van der Waals surface area contributed by atoms with Crippen molar-refractivity contribution in [3.63, 3.8) is 0 Å². The summed E-state index contributed by atoms with van der Waals surface area (Å²) in [7, 11) is 0. The molecule has 0 fully saturated rings. The lowest BCUT2D eigenvalue weighted by molar-refractivity contribution is -0.132. The molecule has 0 aliphatic rings. The molecule has 0 aromatic heterocycles. The zero-order valence-electron chi connectivity index (χ0n) is 3.79. The zero-order chi connectivity index (χ0) is 5.70. The van der Waals surface area contributed by atoms with Crippen LogP contribution in [0.25, 0.3) is 6.96 Å². The van der Waals surface area contributed by atoms with Gasteiger partial charge in [0.2, 0.25) is 0 Å². The normalized spacial score (nSPS) is 7.67. The Labute approximate surface area is 35.1 Å². The molecule has 4 heteroatoms. The van der Waals surface area contributed by atoms with Gasteiger partial charge in [-0.2, -0.15) is 4.79 Å². The number of carboxylic acids is 1. The van der Waals surface area contributed by atoms with Crippen LogP contribution in [0.4, 0.5) is 0 Å². The fourth-order valence-corrected chi connectivity index (χ4v) is 0.0471. The van der Waals surface area contributed by atoms with Crippen LogP contribution < -0.4 is 0 Å². The van der Waals surface area contributed by atoms with Gasteiger partial charge in [0.1, 0.15) is 0 Å². The molecule has 32 valence electrons. The minimum Gasteiger partial charge on any atom is -0.473 e. The monoisotopic (exact) mass is 87.0 g/mol. The van der Waals surface area contributed by atoms with Gasteiger partial charge in [0.25, 0.3) is 1.43 Å². The summed E-state index contributed by atoms with van der Waals surface area (Å²) in [6.07, 6.45) is 0.479. The lowest BCUT2D eigenvalue weighted by Crippen LogP contribution is -1.94. The van der Waals surface area contributed by atoms with Crippen molar-refractivity contribution >= 4 is 12.2 Å². The molecule has 0 bridgehead atoms. The molecule has 0 rings (SSSR count). The van der Waals surface area contributed by atoms with Crippen molar-refractivity contribution < 1.29 is 14.7 Å². The van der Waals surface area contributed by atoms with Gasteiger partial charge in [0.15, 0.2) is 0 Å². The Hall–Kier alpha value is -1.15. The van der Waals surface area contributed by atoms with Gasteiger partial charge in [-0.25, -0.2) is 4.79 Å². The fraction of sp³-hybridized carbons (Fsp3) is 0. The SMILES string of the molecule is [2H]OC(=O)C=[N+]=[N-]. The second-order valence-corrected chi connectivity index (χ2v) is 0.564. The van der Waals surface area contributed by atoms with Crippen molar-refractivity contribution in [2.75, 3.05) is 0 Å². The average Bonchev–Trinajstić information content (AvgIpc) is 1.68. The summed E-state index contributed by atoms with van der Waals surface area (Å²) in [5.74, 6) is -0.998. The lowest BCUT2D eigenvalue weighted by Gasteiger charge is -1.57. The van der Waals surface area contributed by atoms with Crippen molar-refractivity contribution in [2.24, 2.45) is 0 Å². The molecule has 0 aromatic rings. The Morgan fingerprint density at radius 3 is 3.17 bits per heavy atom. The van der Waals surface area contributed by atoms with Crippen LogP contribution in [0.5, 0.6) is 0 Å². The van der Waals surface area contributed by atoms with E-state index in [4.69, 9.17) is 6.96 Å². The molecule has 0 saturated heterocycles. The number of hydrogen-bond acceptors (Lipinski definition) is 2. The number of carbonyl (C=O) groups is 1. The fourth-order valence-electron chi connectivity index (χ4n) is 0.0471. The van der Waals surface area contributed by atoms with E-state index in [0.29, 0.717) is 6.21 Å². The maximum Gasteiger partial charge on any atom is 0.411 e. The van der Waals surface area contributed by atoms with Crippen molar-refractivity contribution in [3.8, 4) is 0 Å². The number of rotatable bonds is 1. The maximum absolute atomic E-state index is 9.69. The Morgan fingerprint density at radius 1 is 2.33 bits per heavy atom. The van der Waals surface area contributed by atoms with E-state index in [1.807, 2.05) is 0 Å². The van der Waals surface area contributed by atoms with E-state index < -0.39 is 5.97 Å². The highest BCUT2D eigenvalue weighted by Gasteiger charge is 1.88. The van der Waals surface area contributed by atoms with Gasteiger partial charge in [-0.1, -0.05) is 0 Å². The van der Waals surface area contributed by atoms with Gasteiger partial charge >= 0.3 is 12.2 Å². The quantitative estimate of drug-likeness (QED) is 0.262. The van der Waals surface area contributed by atoms with Gasteiger partial charge in [-0.05, 0) is 0 Å². The van der Waals surface area contributed by atoms with E-state index in [-0.39, 0.29) is 0 Å². The lowest BCUT2D eigenvalue weighted by atomic mass is 10.8. The van der Waals surface area contributed by atoms with Crippen molar-refractivity contribution in [1.82, 2.24) is 0 Å². The van der Waals surface area contributed by atoms with Gasteiger partial charge < -0.3 is 10.6 Å². The highest BCUT2D eigenvalue weighted by atomic mass is 16.4. The number of hydrogen-bond donors (Lipinski definition) is 1. The maximum atomic E-state index is 9.69. The highest BCUT2D eigenvalue weighted by Crippen LogP contribution is 1.41. The third-order valence-electron chi connectivity index (χ3n) is 0.163. The van der Waals surface area contributed by atoms with E-state index in [2.05, 4.69) is 9.90 Å². The molecule has 0 aliphatic carbocycles. The minimum absolute atomic E-state index is 0.479. The van der Waals surface area contributed by atoms with Crippen molar-refractivity contribution in [2.45, 2.75) is 0 Å². The van der Waals surface area contributed by atoms with Crippen LogP contribution in [0.15, 0.2) is 0 Å². The molecule has 1 N–H and O–H groups in total. The van der Waals surface area contributed by atoms with Crippen LogP contribution in [0.2, 0.25) is 0 Å². The van der Waals surface area contributed by atoms with Crippen molar-refractivity contribution in [1.29, 1.82) is 1.43 Å². The smallest absolute Gasteiger partial charge is 0.411 e. The van der Waals surface area contributed by atoms with Crippen LogP contribution in [0, 0.1) is 0 Å². The van der Waals surface area contributed by atoms with Gasteiger partial charge in [0, 0.05) is 0 Å². The minimum atomic E-state index is -0.998. The summed E-state index contributed by atoms with van der Waals surface area (Å²) in [6, 6.07) is 0. The summed E-state index contributed by atoms with van der Waals surface area (Å²) >= 11 is 0.